The number of carboxylic acid groups (broad SMARTS) is 1. The first-order valence-electron chi connectivity index (χ1n) is 6.32. The maximum absolute atomic E-state index is 12.2. The summed E-state index contributed by atoms with van der Waals surface area (Å²) < 4.78 is 0. The molecule has 1 saturated heterocycles. The minimum absolute atomic E-state index is 0.0221. The minimum atomic E-state index is -0.859. The van der Waals surface area contributed by atoms with E-state index in [-0.39, 0.29) is 24.8 Å². The van der Waals surface area contributed by atoms with Crippen LogP contribution in [0.1, 0.15) is 24.8 Å². The molecule has 1 atom stereocenters. The summed E-state index contributed by atoms with van der Waals surface area (Å²) in [6.07, 6.45) is 1.89. The zero-order valence-electron chi connectivity index (χ0n) is 10.5. The van der Waals surface area contributed by atoms with Crippen molar-refractivity contribution < 1.29 is 14.7 Å². The standard InChI is InChI=1S/C14H16ClNO3/c15-12-6-2-1-4-10(12)8-13(17)16-7-3-5-11(16)9-14(18)19/h1-2,4,6,11H,3,5,7-9H2,(H,18,19). The Labute approximate surface area is 117 Å². The molecule has 1 heterocycles. The fourth-order valence-corrected chi connectivity index (χ4v) is 2.69. The number of rotatable bonds is 4. The number of amides is 1. The average Bonchev–Trinajstić information content (AvgIpc) is 2.79. The summed E-state index contributed by atoms with van der Waals surface area (Å²) >= 11 is 6.03. The van der Waals surface area contributed by atoms with Crippen LogP contribution >= 0.6 is 11.6 Å². The number of benzene rings is 1. The van der Waals surface area contributed by atoms with E-state index >= 15 is 0 Å². The molecule has 5 heteroatoms. The van der Waals surface area contributed by atoms with Crippen molar-refractivity contribution in [3.8, 4) is 0 Å². The lowest BCUT2D eigenvalue weighted by molar-refractivity contribution is -0.139. The number of carbonyl (C=O) groups is 2. The Morgan fingerprint density at radius 3 is 2.79 bits per heavy atom. The van der Waals surface area contributed by atoms with Crippen molar-refractivity contribution in [3.05, 3.63) is 34.9 Å². The second-order valence-electron chi connectivity index (χ2n) is 4.75. The third kappa shape index (κ3) is 3.47. The third-order valence-corrected chi connectivity index (χ3v) is 3.78. The number of carbonyl (C=O) groups excluding carboxylic acids is 1. The molecular weight excluding hydrogens is 266 g/mol. The van der Waals surface area contributed by atoms with Crippen molar-refractivity contribution in [2.75, 3.05) is 6.54 Å². The maximum Gasteiger partial charge on any atom is 0.305 e. The van der Waals surface area contributed by atoms with Gasteiger partial charge < -0.3 is 10.0 Å². The quantitative estimate of drug-likeness (QED) is 0.922. The van der Waals surface area contributed by atoms with E-state index in [1.807, 2.05) is 18.2 Å². The number of nitrogens with zero attached hydrogens (tertiary/aromatic N) is 1. The molecule has 0 bridgehead atoms. The van der Waals surface area contributed by atoms with E-state index in [0.717, 1.165) is 18.4 Å². The lowest BCUT2D eigenvalue weighted by atomic mass is 10.1. The summed E-state index contributed by atoms with van der Waals surface area (Å²) in [6, 6.07) is 7.06. The lowest BCUT2D eigenvalue weighted by Gasteiger charge is -2.23. The summed E-state index contributed by atoms with van der Waals surface area (Å²) in [6.45, 7) is 0.640. The summed E-state index contributed by atoms with van der Waals surface area (Å²) in [5.74, 6) is -0.903. The lowest BCUT2D eigenvalue weighted by Crippen LogP contribution is -2.37. The van der Waals surface area contributed by atoms with E-state index < -0.39 is 5.97 Å². The van der Waals surface area contributed by atoms with Gasteiger partial charge in [-0.25, -0.2) is 0 Å². The molecule has 0 spiro atoms. The predicted octanol–water partition coefficient (Wildman–Crippen LogP) is 2.35. The van der Waals surface area contributed by atoms with Crippen molar-refractivity contribution in [1.82, 2.24) is 4.90 Å². The molecule has 1 unspecified atom stereocenters. The second kappa shape index (κ2) is 6.06. The summed E-state index contributed by atoms with van der Waals surface area (Å²) in [5, 5.41) is 9.42. The molecule has 0 saturated carbocycles. The fraction of sp³-hybridized carbons (Fsp3) is 0.429. The zero-order chi connectivity index (χ0) is 13.8. The summed E-state index contributed by atoms with van der Waals surface area (Å²) in [7, 11) is 0. The maximum atomic E-state index is 12.2. The Kier molecular flexibility index (Phi) is 4.43. The van der Waals surface area contributed by atoms with Crippen LogP contribution in [0, 0.1) is 0 Å². The van der Waals surface area contributed by atoms with Crippen LogP contribution < -0.4 is 0 Å². The number of carboxylic acids is 1. The smallest absolute Gasteiger partial charge is 0.305 e. The highest BCUT2D eigenvalue weighted by Gasteiger charge is 2.30. The summed E-state index contributed by atoms with van der Waals surface area (Å²) in [4.78, 5) is 24.7. The van der Waals surface area contributed by atoms with E-state index in [1.54, 1.807) is 11.0 Å². The van der Waals surface area contributed by atoms with Gasteiger partial charge in [-0.05, 0) is 24.5 Å². The van der Waals surface area contributed by atoms with Crippen LogP contribution in [0.4, 0.5) is 0 Å². The van der Waals surface area contributed by atoms with Gasteiger partial charge >= 0.3 is 5.97 Å². The molecule has 1 aromatic carbocycles. The molecule has 1 aliphatic heterocycles. The van der Waals surface area contributed by atoms with Gasteiger partial charge in [0.1, 0.15) is 0 Å². The van der Waals surface area contributed by atoms with Crippen LogP contribution in [-0.4, -0.2) is 34.5 Å². The Balaban J connectivity index is 2.03. The minimum Gasteiger partial charge on any atom is -0.481 e. The van der Waals surface area contributed by atoms with E-state index in [1.165, 1.54) is 0 Å². The average molecular weight is 282 g/mol. The van der Waals surface area contributed by atoms with Gasteiger partial charge in [-0.3, -0.25) is 9.59 Å². The van der Waals surface area contributed by atoms with Gasteiger partial charge in [0.05, 0.1) is 12.8 Å². The molecule has 2 rings (SSSR count). The topological polar surface area (TPSA) is 57.6 Å². The number of hydrogen-bond acceptors (Lipinski definition) is 2. The van der Waals surface area contributed by atoms with Crippen molar-refractivity contribution in [3.63, 3.8) is 0 Å². The van der Waals surface area contributed by atoms with Crippen LogP contribution in [0.2, 0.25) is 5.02 Å². The molecule has 1 aliphatic rings. The molecule has 0 aliphatic carbocycles. The van der Waals surface area contributed by atoms with Gasteiger partial charge in [0.15, 0.2) is 0 Å². The van der Waals surface area contributed by atoms with Crippen molar-refractivity contribution in [2.24, 2.45) is 0 Å². The Morgan fingerprint density at radius 2 is 2.11 bits per heavy atom. The fourth-order valence-electron chi connectivity index (χ4n) is 2.48. The van der Waals surface area contributed by atoms with E-state index in [4.69, 9.17) is 16.7 Å². The van der Waals surface area contributed by atoms with Gasteiger partial charge in [0.25, 0.3) is 0 Å². The molecule has 1 aromatic rings. The van der Waals surface area contributed by atoms with E-state index in [0.29, 0.717) is 11.6 Å². The highest BCUT2D eigenvalue weighted by Crippen LogP contribution is 2.23. The normalized spacial score (nSPS) is 18.6. The Morgan fingerprint density at radius 1 is 1.37 bits per heavy atom. The predicted molar refractivity (Wildman–Crippen MR) is 72.1 cm³/mol. The largest absolute Gasteiger partial charge is 0.481 e. The van der Waals surface area contributed by atoms with Crippen LogP contribution in [0.15, 0.2) is 24.3 Å². The SMILES string of the molecule is O=C(O)CC1CCCN1C(=O)Cc1ccccc1Cl. The third-order valence-electron chi connectivity index (χ3n) is 3.41. The van der Waals surface area contributed by atoms with Crippen LogP contribution in [0.3, 0.4) is 0 Å². The van der Waals surface area contributed by atoms with E-state index in [2.05, 4.69) is 0 Å². The van der Waals surface area contributed by atoms with Gasteiger partial charge in [-0.15, -0.1) is 0 Å². The molecule has 0 aromatic heterocycles. The number of hydrogen-bond donors (Lipinski definition) is 1. The molecule has 1 amide bonds. The van der Waals surface area contributed by atoms with Crippen LogP contribution in [0.25, 0.3) is 0 Å². The zero-order valence-corrected chi connectivity index (χ0v) is 11.3. The van der Waals surface area contributed by atoms with Crippen molar-refractivity contribution in [1.29, 1.82) is 0 Å². The first-order chi connectivity index (χ1) is 9.08. The van der Waals surface area contributed by atoms with Crippen molar-refractivity contribution in [2.45, 2.75) is 31.7 Å². The van der Waals surface area contributed by atoms with E-state index in [9.17, 15) is 9.59 Å². The number of aliphatic carboxylic acids is 1. The molecule has 1 fully saturated rings. The highest BCUT2D eigenvalue weighted by atomic mass is 35.5. The molecule has 4 nitrogen and oxygen atoms in total. The summed E-state index contributed by atoms with van der Waals surface area (Å²) in [5.41, 5.74) is 0.787. The van der Waals surface area contributed by atoms with Crippen LogP contribution in [-0.2, 0) is 16.0 Å². The Bertz CT molecular complexity index is 489. The molecule has 1 N–H and O–H groups in total. The molecule has 0 radical (unpaired) electrons. The first kappa shape index (κ1) is 13.9. The van der Waals surface area contributed by atoms with Gasteiger partial charge in [-0.1, -0.05) is 29.8 Å². The highest BCUT2D eigenvalue weighted by molar-refractivity contribution is 6.31. The van der Waals surface area contributed by atoms with Crippen LogP contribution in [0.5, 0.6) is 0 Å². The van der Waals surface area contributed by atoms with Crippen molar-refractivity contribution >= 4 is 23.5 Å². The number of likely N-dealkylation sites (tertiary alicyclic amines) is 1. The molecule has 102 valence electrons. The first-order valence-corrected chi connectivity index (χ1v) is 6.70. The monoisotopic (exact) mass is 281 g/mol. The van der Waals surface area contributed by atoms with Gasteiger partial charge in [0.2, 0.25) is 5.91 Å². The molecule has 19 heavy (non-hydrogen) atoms. The van der Waals surface area contributed by atoms with Gasteiger partial charge in [0, 0.05) is 17.6 Å². The number of halogens is 1. The van der Waals surface area contributed by atoms with Gasteiger partial charge in [-0.2, -0.15) is 0 Å². The second-order valence-corrected chi connectivity index (χ2v) is 5.16. The molecular formula is C14H16ClNO3. The Hall–Kier alpha value is -1.55.